The topological polar surface area (TPSA) is 127 Å². The number of hydrazone groups is 1. The third-order valence-electron chi connectivity index (χ3n) is 4.76. The molecule has 164 valence electrons. The number of hydrogen-bond acceptors (Lipinski definition) is 7. The minimum absolute atomic E-state index is 0.0000781. The van der Waals surface area contributed by atoms with Crippen LogP contribution in [0.2, 0.25) is 0 Å². The molecule has 0 saturated heterocycles. The van der Waals surface area contributed by atoms with Gasteiger partial charge in [0.05, 0.1) is 12.8 Å². The predicted molar refractivity (Wildman–Crippen MR) is 121 cm³/mol. The first-order valence-electron chi connectivity index (χ1n) is 9.92. The molecule has 0 bridgehead atoms. The first-order chi connectivity index (χ1) is 15.5. The number of benzene rings is 2. The van der Waals surface area contributed by atoms with Gasteiger partial charge in [0.1, 0.15) is 18.5 Å². The quantitative estimate of drug-likeness (QED) is 0.284. The Kier molecular flexibility index (Phi) is 6.13. The van der Waals surface area contributed by atoms with Gasteiger partial charge in [0.15, 0.2) is 11.2 Å². The number of hydrogen-bond donors (Lipinski definition) is 3. The fraction of sp³-hybridized carbons (Fsp3) is 0.182. The summed E-state index contributed by atoms with van der Waals surface area (Å²) < 4.78 is 8.32. The number of aryl methyl sites for hydroxylation is 1. The molecule has 10 heteroatoms. The minimum Gasteiger partial charge on any atom is -0.491 e. The van der Waals surface area contributed by atoms with E-state index in [4.69, 9.17) is 4.74 Å². The lowest BCUT2D eigenvalue weighted by molar-refractivity contribution is 0.0938. The number of rotatable bonds is 8. The lowest BCUT2D eigenvalue weighted by Crippen LogP contribution is -2.30. The highest BCUT2D eigenvalue weighted by atomic mass is 16.5. The van der Waals surface area contributed by atoms with Crippen LogP contribution in [0.25, 0.3) is 11.2 Å². The standard InChI is InChI=1S/C22H22N6O4/c1-27-19-18(20(30)25-22(27)31)28(13-16(29)14-32-17-10-6-3-7-11-17)21(24-19)26-23-12-15-8-4-2-5-9-15/h2-12,16,29H,13-14H2,1H3,(H,24,26)(H,25,30,31)/b23-12-/t16-/m1/s1. The fourth-order valence-corrected chi connectivity index (χ4v) is 3.17. The summed E-state index contributed by atoms with van der Waals surface area (Å²) in [5.41, 5.74) is 2.80. The number of aliphatic hydroxyl groups is 1. The van der Waals surface area contributed by atoms with Crippen LogP contribution < -0.4 is 21.4 Å². The molecule has 2 heterocycles. The van der Waals surface area contributed by atoms with Crippen molar-refractivity contribution >= 4 is 23.3 Å². The second-order valence-electron chi connectivity index (χ2n) is 7.10. The van der Waals surface area contributed by atoms with E-state index in [-0.39, 0.29) is 30.3 Å². The second kappa shape index (κ2) is 9.31. The fourth-order valence-electron chi connectivity index (χ4n) is 3.17. The SMILES string of the molecule is Cn1c(=O)[nH]c(=O)c2c1nc(N/N=C\c1ccccc1)n2C[C@@H](O)COc1ccccc1. The van der Waals surface area contributed by atoms with Gasteiger partial charge in [-0.2, -0.15) is 10.1 Å². The van der Waals surface area contributed by atoms with Gasteiger partial charge in [-0.05, 0) is 17.7 Å². The highest BCUT2D eigenvalue weighted by Crippen LogP contribution is 2.17. The Bertz CT molecular complexity index is 1340. The third-order valence-corrected chi connectivity index (χ3v) is 4.76. The number of nitrogens with zero attached hydrogens (tertiary/aromatic N) is 4. The first kappa shape index (κ1) is 21.1. The summed E-state index contributed by atoms with van der Waals surface area (Å²) in [7, 11) is 1.50. The maximum Gasteiger partial charge on any atom is 0.329 e. The molecule has 10 nitrogen and oxygen atoms in total. The van der Waals surface area contributed by atoms with E-state index in [1.54, 1.807) is 18.3 Å². The summed E-state index contributed by atoms with van der Waals surface area (Å²) in [6.45, 7) is -0.00607. The van der Waals surface area contributed by atoms with E-state index in [1.165, 1.54) is 16.2 Å². The number of aromatic amines is 1. The van der Waals surface area contributed by atoms with Gasteiger partial charge in [-0.15, -0.1) is 0 Å². The van der Waals surface area contributed by atoms with Crippen LogP contribution in [0.1, 0.15) is 5.56 Å². The van der Waals surface area contributed by atoms with Gasteiger partial charge in [-0.3, -0.25) is 14.3 Å². The number of para-hydroxylation sites is 1. The molecule has 0 aliphatic carbocycles. The molecule has 0 fully saturated rings. The van der Waals surface area contributed by atoms with Gasteiger partial charge in [0.2, 0.25) is 5.95 Å². The lowest BCUT2D eigenvalue weighted by Gasteiger charge is -2.15. The average molecular weight is 434 g/mol. The van der Waals surface area contributed by atoms with Gasteiger partial charge in [-0.1, -0.05) is 48.5 Å². The molecule has 0 radical (unpaired) electrons. The highest BCUT2D eigenvalue weighted by Gasteiger charge is 2.19. The van der Waals surface area contributed by atoms with E-state index in [0.29, 0.717) is 5.75 Å². The number of nitrogens with one attached hydrogen (secondary N) is 2. The molecule has 0 amide bonds. The molecule has 0 aliphatic heterocycles. The number of H-pyrrole nitrogens is 1. The van der Waals surface area contributed by atoms with Gasteiger partial charge < -0.3 is 14.4 Å². The van der Waals surface area contributed by atoms with E-state index in [9.17, 15) is 14.7 Å². The van der Waals surface area contributed by atoms with Crippen molar-refractivity contribution in [2.24, 2.45) is 12.1 Å². The molecule has 4 aromatic rings. The Balaban J connectivity index is 1.63. The molecular formula is C22H22N6O4. The molecule has 0 unspecified atom stereocenters. The molecule has 0 spiro atoms. The van der Waals surface area contributed by atoms with E-state index in [2.05, 4.69) is 20.5 Å². The summed E-state index contributed by atoms with van der Waals surface area (Å²) >= 11 is 0. The maximum absolute atomic E-state index is 12.5. The minimum atomic E-state index is -0.956. The van der Waals surface area contributed by atoms with Crippen LogP contribution in [0.5, 0.6) is 5.75 Å². The Morgan fingerprint density at radius 3 is 2.56 bits per heavy atom. The average Bonchev–Trinajstić information content (AvgIpc) is 3.16. The Labute approximate surface area is 182 Å². The third kappa shape index (κ3) is 4.60. The summed E-state index contributed by atoms with van der Waals surface area (Å²) in [6.07, 6.45) is 0.643. The first-order valence-corrected chi connectivity index (χ1v) is 9.92. The summed E-state index contributed by atoms with van der Waals surface area (Å²) in [5.74, 6) is 0.825. The molecule has 4 rings (SSSR count). The van der Waals surface area contributed by atoms with Crippen molar-refractivity contribution in [2.45, 2.75) is 12.6 Å². The summed E-state index contributed by atoms with van der Waals surface area (Å²) in [4.78, 5) is 31.2. The van der Waals surface area contributed by atoms with Crippen LogP contribution in [0, 0.1) is 0 Å². The van der Waals surface area contributed by atoms with Crippen molar-refractivity contribution in [1.29, 1.82) is 0 Å². The van der Waals surface area contributed by atoms with Crippen molar-refractivity contribution in [1.82, 2.24) is 19.1 Å². The van der Waals surface area contributed by atoms with Crippen LogP contribution in [0.15, 0.2) is 75.4 Å². The van der Waals surface area contributed by atoms with E-state index < -0.39 is 17.4 Å². The Morgan fingerprint density at radius 1 is 1.16 bits per heavy atom. The van der Waals surface area contributed by atoms with Crippen LogP contribution in [-0.4, -0.2) is 43.1 Å². The van der Waals surface area contributed by atoms with Crippen molar-refractivity contribution in [3.05, 3.63) is 87.1 Å². The number of fused-ring (bicyclic) bond motifs is 1. The molecular weight excluding hydrogens is 412 g/mol. The molecule has 2 aromatic carbocycles. The number of anilines is 1. The number of imidazole rings is 1. The van der Waals surface area contributed by atoms with Crippen molar-refractivity contribution in [2.75, 3.05) is 12.0 Å². The van der Waals surface area contributed by atoms with Crippen molar-refractivity contribution in [3.63, 3.8) is 0 Å². The van der Waals surface area contributed by atoms with Crippen LogP contribution in [-0.2, 0) is 13.6 Å². The number of ether oxygens (including phenoxy) is 1. The van der Waals surface area contributed by atoms with E-state index in [1.807, 2.05) is 48.5 Å². The zero-order valence-electron chi connectivity index (χ0n) is 17.3. The molecule has 32 heavy (non-hydrogen) atoms. The zero-order valence-corrected chi connectivity index (χ0v) is 17.3. The smallest absolute Gasteiger partial charge is 0.329 e. The van der Waals surface area contributed by atoms with E-state index in [0.717, 1.165) is 5.56 Å². The number of aliphatic hydroxyl groups excluding tert-OH is 1. The molecule has 0 aliphatic rings. The molecule has 2 aromatic heterocycles. The van der Waals surface area contributed by atoms with Gasteiger partial charge in [0.25, 0.3) is 5.56 Å². The van der Waals surface area contributed by atoms with Crippen molar-refractivity contribution < 1.29 is 9.84 Å². The van der Waals surface area contributed by atoms with Gasteiger partial charge in [0, 0.05) is 7.05 Å². The summed E-state index contributed by atoms with van der Waals surface area (Å²) in [6, 6.07) is 18.5. The Morgan fingerprint density at radius 2 is 1.84 bits per heavy atom. The maximum atomic E-state index is 12.5. The van der Waals surface area contributed by atoms with Crippen LogP contribution in [0.3, 0.4) is 0 Å². The number of aromatic nitrogens is 4. The van der Waals surface area contributed by atoms with Crippen LogP contribution in [0.4, 0.5) is 5.95 Å². The molecule has 0 saturated carbocycles. The molecule has 1 atom stereocenters. The lowest BCUT2D eigenvalue weighted by atomic mass is 10.2. The largest absolute Gasteiger partial charge is 0.491 e. The Hall–Kier alpha value is -4.18. The van der Waals surface area contributed by atoms with E-state index >= 15 is 0 Å². The monoisotopic (exact) mass is 434 g/mol. The zero-order chi connectivity index (χ0) is 22.5. The normalized spacial score (nSPS) is 12.3. The highest BCUT2D eigenvalue weighted by molar-refractivity contribution is 5.80. The predicted octanol–water partition coefficient (Wildman–Crippen LogP) is 1.31. The second-order valence-corrected chi connectivity index (χ2v) is 7.10. The van der Waals surface area contributed by atoms with Crippen LogP contribution >= 0.6 is 0 Å². The van der Waals surface area contributed by atoms with Gasteiger partial charge in [-0.25, -0.2) is 10.2 Å². The summed E-state index contributed by atoms with van der Waals surface area (Å²) in [5, 5.41) is 14.7. The molecule has 3 N–H and O–H groups in total. The van der Waals surface area contributed by atoms with Crippen molar-refractivity contribution in [3.8, 4) is 5.75 Å². The van der Waals surface area contributed by atoms with Gasteiger partial charge >= 0.3 is 5.69 Å².